The van der Waals surface area contributed by atoms with Gasteiger partial charge >= 0.3 is 0 Å². The molecule has 2 rings (SSSR count). The summed E-state index contributed by atoms with van der Waals surface area (Å²) in [6.45, 7) is 5.09. The van der Waals surface area contributed by atoms with Gasteiger partial charge in [0.15, 0.2) is 21.5 Å². The number of sulfone groups is 1. The quantitative estimate of drug-likeness (QED) is 0.857. The molecule has 0 saturated carbocycles. The average molecular weight is 374 g/mol. The molecule has 1 amide bonds. The van der Waals surface area contributed by atoms with Crippen LogP contribution in [-0.2, 0) is 14.6 Å². The number of hydrogen-bond acceptors (Lipinski definition) is 4. The van der Waals surface area contributed by atoms with E-state index in [1.807, 2.05) is 11.9 Å². The standard InChI is InChI=1S/C17H24F2N2O3S/c1-10(2)25(23,24)11(3)17(22)20-15-7-8-21(4)16(15)12-5-6-13(18)14(19)9-12/h5-6,9-11,15-16H,7-8H2,1-4H3,(H,20,22)/t11-,15+,16+/m1/s1. The molecule has 1 fully saturated rings. The van der Waals surface area contributed by atoms with Gasteiger partial charge < -0.3 is 5.32 Å². The van der Waals surface area contributed by atoms with Crippen molar-refractivity contribution in [2.45, 2.75) is 49.8 Å². The molecule has 1 aliphatic heterocycles. The van der Waals surface area contributed by atoms with Gasteiger partial charge in [0.25, 0.3) is 0 Å². The van der Waals surface area contributed by atoms with Crippen LogP contribution in [0, 0.1) is 11.6 Å². The number of benzene rings is 1. The van der Waals surface area contributed by atoms with Crippen molar-refractivity contribution < 1.29 is 22.0 Å². The highest BCUT2D eigenvalue weighted by Gasteiger charge is 2.37. The fourth-order valence-electron chi connectivity index (χ4n) is 3.14. The second-order valence-electron chi connectivity index (χ2n) is 6.78. The van der Waals surface area contributed by atoms with Crippen LogP contribution in [0.25, 0.3) is 0 Å². The Bertz CT molecular complexity index is 752. The minimum atomic E-state index is -3.56. The van der Waals surface area contributed by atoms with Gasteiger partial charge in [-0.2, -0.15) is 0 Å². The van der Waals surface area contributed by atoms with E-state index in [0.717, 1.165) is 12.1 Å². The third-order valence-electron chi connectivity index (χ3n) is 4.78. The van der Waals surface area contributed by atoms with Gasteiger partial charge in [-0.25, -0.2) is 17.2 Å². The number of likely N-dealkylation sites (tertiary alicyclic amines) is 1. The van der Waals surface area contributed by atoms with Crippen molar-refractivity contribution >= 4 is 15.7 Å². The summed E-state index contributed by atoms with van der Waals surface area (Å²) < 4.78 is 51.1. The van der Waals surface area contributed by atoms with Crippen molar-refractivity contribution in [3.63, 3.8) is 0 Å². The molecular formula is C17H24F2N2O3S. The molecule has 1 aliphatic rings. The third-order valence-corrected chi connectivity index (χ3v) is 7.29. The highest BCUT2D eigenvalue weighted by molar-refractivity contribution is 7.93. The van der Waals surface area contributed by atoms with Gasteiger partial charge in [0.1, 0.15) is 5.25 Å². The number of rotatable bonds is 5. The highest BCUT2D eigenvalue weighted by atomic mass is 32.2. The zero-order valence-electron chi connectivity index (χ0n) is 14.8. The molecule has 0 unspecified atom stereocenters. The van der Waals surface area contributed by atoms with Crippen molar-refractivity contribution in [3.8, 4) is 0 Å². The van der Waals surface area contributed by atoms with Gasteiger partial charge in [-0.15, -0.1) is 0 Å². The summed E-state index contributed by atoms with van der Waals surface area (Å²) in [4.78, 5) is 14.3. The lowest BCUT2D eigenvalue weighted by molar-refractivity contribution is -0.121. The van der Waals surface area contributed by atoms with E-state index < -0.39 is 37.9 Å². The first-order chi connectivity index (χ1) is 11.6. The Balaban J connectivity index is 2.20. The fraction of sp³-hybridized carbons (Fsp3) is 0.588. The Kier molecular flexibility index (Phi) is 5.83. The van der Waals surface area contributed by atoms with Gasteiger partial charge in [0.2, 0.25) is 5.91 Å². The second-order valence-corrected chi connectivity index (χ2v) is 9.61. The van der Waals surface area contributed by atoms with E-state index in [1.165, 1.54) is 26.8 Å². The number of nitrogens with one attached hydrogen (secondary N) is 1. The maximum absolute atomic E-state index is 13.6. The van der Waals surface area contributed by atoms with Crippen LogP contribution in [0.5, 0.6) is 0 Å². The molecule has 25 heavy (non-hydrogen) atoms. The SMILES string of the molecule is CC(C)S(=O)(=O)[C@H](C)C(=O)N[C@H]1CCN(C)[C@H]1c1ccc(F)c(F)c1. The first-order valence-electron chi connectivity index (χ1n) is 8.24. The number of carbonyl (C=O) groups is 1. The average Bonchev–Trinajstić information content (AvgIpc) is 2.89. The molecule has 8 heteroatoms. The molecule has 0 radical (unpaired) electrons. The fourth-order valence-corrected chi connectivity index (χ4v) is 4.32. The lowest BCUT2D eigenvalue weighted by Gasteiger charge is -2.27. The molecule has 0 spiro atoms. The Morgan fingerprint density at radius 1 is 1.24 bits per heavy atom. The first kappa shape index (κ1) is 19.8. The van der Waals surface area contributed by atoms with Crippen molar-refractivity contribution in [1.29, 1.82) is 0 Å². The van der Waals surface area contributed by atoms with Crippen molar-refractivity contribution in [2.24, 2.45) is 0 Å². The van der Waals surface area contributed by atoms with E-state index in [4.69, 9.17) is 0 Å². The van der Waals surface area contributed by atoms with Crippen LogP contribution in [0.4, 0.5) is 8.78 Å². The number of nitrogens with zero attached hydrogens (tertiary/aromatic N) is 1. The van der Waals surface area contributed by atoms with E-state index >= 15 is 0 Å². The minimum Gasteiger partial charge on any atom is -0.350 e. The number of hydrogen-bond donors (Lipinski definition) is 1. The number of amides is 1. The van der Waals surface area contributed by atoms with Crippen LogP contribution in [-0.4, -0.2) is 49.4 Å². The second kappa shape index (κ2) is 7.37. The lowest BCUT2D eigenvalue weighted by atomic mass is 10.00. The van der Waals surface area contributed by atoms with Crippen LogP contribution in [0.3, 0.4) is 0 Å². The molecule has 140 valence electrons. The summed E-state index contributed by atoms with van der Waals surface area (Å²) in [5.74, 6) is -2.44. The Hall–Kier alpha value is -1.54. The summed E-state index contributed by atoms with van der Waals surface area (Å²) in [7, 11) is -1.74. The van der Waals surface area contributed by atoms with Gasteiger partial charge in [-0.3, -0.25) is 9.69 Å². The van der Waals surface area contributed by atoms with Gasteiger partial charge in [0, 0.05) is 12.6 Å². The summed E-state index contributed by atoms with van der Waals surface area (Å²) in [5.41, 5.74) is 0.545. The summed E-state index contributed by atoms with van der Waals surface area (Å²) in [5, 5.41) is 0.962. The van der Waals surface area contributed by atoms with Crippen LogP contribution >= 0.6 is 0 Å². The van der Waals surface area contributed by atoms with Crippen LogP contribution in [0.15, 0.2) is 18.2 Å². The molecule has 0 bridgehead atoms. The molecule has 1 saturated heterocycles. The summed E-state index contributed by atoms with van der Waals surface area (Å²) >= 11 is 0. The molecule has 1 aromatic rings. The summed E-state index contributed by atoms with van der Waals surface area (Å²) in [6, 6.07) is 2.95. The molecule has 1 N–H and O–H groups in total. The van der Waals surface area contributed by atoms with Crippen molar-refractivity contribution in [1.82, 2.24) is 10.2 Å². The highest BCUT2D eigenvalue weighted by Crippen LogP contribution is 2.32. The predicted octanol–water partition coefficient (Wildman–Crippen LogP) is 2.04. The van der Waals surface area contributed by atoms with Gasteiger partial charge in [-0.1, -0.05) is 6.07 Å². The number of carbonyl (C=O) groups excluding carboxylic acids is 1. The molecule has 0 aliphatic carbocycles. The van der Waals surface area contributed by atoms with Crippen LogP contribution in [0.2, 0.25) is 0 Å². The molecule has 1 aromatic carbocycles. The molecule has 3 atom stereocenters. The minimum absolute atomic E-state index is 0.340. The Morgan fingerprint density at radius 2 is 1.88 bits per heavy atom. The van der Waals surface area contributed by atoms with Crippen molar-refractivity contribution in [2.75, 3.05) is 13.6 Å². The topological polar surface area (TPSA) is 66.5 Å². The first-order valence-corrected chi connectivity index (χ1v) is 9.85. The zero-order chi connectivity index (χ0) is 18.9. The Morgan fingerprint density at radius 3 is 2.44 bits per heavy atom. The van der Waals surface area contributed by atoms with E-state index in [-0.39, 0.29) is 12.1 Å². The Labute approximate surface area is 147 Å². The van der Waals surface area contributed by atoms with Crippen molar-refractivity contribution in [3.05, 3.63) is 35.4 Å². The number of halogens is 2. The maximum Gasteiger partial charge on any atom is 0.238 e. The smallest absolute Gasteiger partial charge is 0.238 e. The summed E-state index contributed by atoms with van der Waals surface area (Å²) in [6.07, 6.45) is 0.598. The monoisotopic (exact) mass is 374 g/mol. The van der Waals surface area contributed by atoms with E-state index in [2.05, 4.69) is 5.32 Å². The van der Waals surface area contributed by atoms with Gasteiger partial charge in [-0.05, 0) is 51.9 Å². The van der Waals surface area contributed by atoms with E-state index in [1.54, 1.807) is 0 Å². The van der Waals surface area contributed by atoms with Crippen LogP contribution in [0.1, 0.15) is 38.8 Å². The third kappa shape index (κ3) is 4.00. The van der Waals surface area contributed by atoms with Gasteiger partial charge in [0.05, 0.1) is 11.3 Å². The normalized spacial score (nSPS) is 23.0. The largest absolute Gasteiger partial charge is 0.350 e. The maximum atomic E-state index is 13.6. The van der Waals surface area contributed by atoms with E-state index in [9.17, 15) is 22.0 Å². The van der Waals surface area contributed by atoms with Crippen LogP contribution < -0.4 is 5.32 Å². The molecule has 5 nitrogen and oxygen atoms in total. The van der Waals surface area contributed by atoms with E-state index in [0.29, 0.717) is 18.5 Å². The number of likely N-dealkylation sites (N-methyl/N-ethyl adjacent to an activating group) is 1. The molecule has 0 aromatic heterocycles. The molecular weight excluding hydrogens is 350 g/mol. The predicted molar refractivity (Wildman–Crippen MR) is 91.8 cm³/mol. The molecule has 1 heterocycles. The zero-order valence-corrected chi connectivity index (χ0v) is 15.6. The lowest BCUT2D eigenvalue weighted by Crippen LogP contribution is -2.46.